The number of halogens is 3. The number of Topliss-reactive ketones (excluding diaryl/α,β-unsaturated/α-hetero) is 1. The number of carbonyl (C=O) groups is 1. The van der Waals surface area contributed by atoms with Crippen molar-refractivity contribution in [3.63, 3.8) is 0 Å². The molecule has 0 aliphatic rings. The zero-order valence-electron chi connectivity index (χ0n) is 24.7. The second-order valence-electron chi connectivity index (χ2n) is 8.38. The van der Waals surface area contributed by atoms with E-state index in [4.69, 9.17) is 0 Å². The summed E-state index contributed by atoms with van der Waals surface area (Å²) >= 11 is 0. The predicted octanol–water partition coefficient (Wildman–Crippen LogP) is 10.2. The highest BCUT2D eigenvalue weighted by molar-refractivity contribution is 6.12. The molecule has 0 atom stereocenters. The minimum absolute atomic E-state index is 0.118. The van der Waals surface area contributed by atoms with E-state index in [2.05, 4.69) is 32.3 Å². The number of ketones is 1. The number of rotatable bonds is 8. The molecular weight excluding hydrogens is 475 g/mol. The summed E-state index contributed by atoms with van der Waals surface area (Å²) in [5.41, 5.74) is 1.91. The van der Waals surface area contributed by atoms with Crippen molar-refractivity contribution in [3.8, 4) is 0 Å². The lowest BCUT2D eigenvalue weighted by molar-refractivity contribution is -0.137. The third-order valence-corrected chi connectivity index (χ3v) is 4.18. The lowest BCUT2D eigenvalue weighted by atomic mass is 10.00. The number of hydrogen-bond acceptors (Lipinski definition) is 3. The van der Waals surface area contributed by atoms with E-state index < -0.39 is 11.7 Å². The molecule has 0 heterocycles. The third kappa shape index (κ3) is 18.1. The lowest BCUT2D eigenvalue weighted by Gasteiger charge is -2.09. The maximum atomic E-state index is 12.7. The van der Waals surface area contributed by atoms with Crippen molar-refractivity contribution in [2.45, 2.75) is 88.8 Å². The van der Waals surface area contributed by atoms with E-state index in [-0.39, 0.29) is 17.1 Å². The van der Waals surface area contributed by atoms with Gasteiger partial charge in [-0.15, -0.1) is 0 Å². The maximum absolute atomic E-state index is 12.7. The van der Waals surface area contributed by atoms with Crippen molar-refractivity contribution in [3.05, 3.63) is 76.6 Å². The number of aliphatic imine (C=N–C) groups is 1. The van der Waals surface area contributed by atoms with Crippen LogP contribution in [0.25, 0.3) is 5.57 Å². The molecular formula is C31H48F3NO2. The molecule has 1 aromatic carbocycles. The fourth-order valence-electron chi connectivity index (χ4n) is 2.35. The fraction of sp³-hybridized carbons (Fsp3) is 0.484. The summed E-state index contributed by atoms with van der Waals surface area (Å²) < 4.78 is 38.0. The highest BCUT2D eigenvalue weighted by Gasteiger charge is 2.29. The van der Waals surface area contributed by atoms with Crippen molar-refractivity contribution in [2.75, 3.05) is 6.54 Å². The Kier molecular flexibility index (Phi) is 22.2. The predicted molar refractivity (Wildman–Crippen MR) is 155 cm³/mol. The van der Waals surface area contributed by atoms with Gasteiger partial charge in [-0.3, -0.25) is 9.79 Å². The summed E-state index contributed by atoms with van der Waals surface area (Å²) in [6, 6.07) is 4.75. The molecule has 1 rings (SSSR count). The van der Waals surface area contributed by atoms with Crippen LogP contribution in [0.15, 0.2) is 70.5 Å². The van der Waals surface area contributed by atoms with Gasteiger partial charge in [0, 0.05) is 12.8 Å². The minimum Gasteiger partial charge on any atom is -0.507 e. The van der Waals surface area contributed by atoms with E-state index in [1.54, 1.807) is 19.9 Å². The molecule has 0 saturated carbocycles. The zero-order valence-corrected chi connectivity index (χ0v) is 24.7. The van der Waals surface area contributed by atoms with Gasteiger partial charge in [0.25, 0.3) is 0 Å². The Morgan fingerprint density at radius 1 is 0.973 bits per heavy atom. The number of benzene rings is 1. The van der Waals surface area contributed by atoms with Crippen LogP contribution < -0.4 is 0 Å². The molecule has 0 bridgehead atoms. The van der Waals surface area contributed by atoms with Gasteiger partial charge in [0.15, 0.2) is 5.78 Å². The fourth-order valence-corrected chi connectivity index (χ4v) is 2.35. The molecule has 0 saturated heterocycles. The van der Waals surface area contributed by atoms with Crippen LogP contribution in [0.4, 0.5) is 13.2 Å². The first-order valence-corrected chi connectivity index (χ1v) is 12.9. The molecule has 1 N–H and O–H groups in total. The normalized spacial score (nSPS) is 12.4. The van der Waals surface area contributed by atoms with E-state index in [1.165, 1.54) is 31.3 Å². The third-order valence-electron chi connectivity index (χ3n) is 4.18. The molecule has 0 amide bonds. The van der Waals surface area contributed by atoms with Gasteiger partial charge >= 0.3 is 6.18 Å². The van der Waals surface area contributed by atoms with Crippen molar-refractivity contribution in [1.29, 1.82) is 0 Å². The summed E-state index contributed by atoms with van der Waals surface area (Å²) in [7, 11) is 0. The molecule has 0 spiro atoms. The number of carbonyl (C=O) groups excluding carboxylic acids is 1. The van der Waals surface area contributed by atoms with Crippen LogP contribution in [0.5, 0.6) is 0 Å². The Hall–Kier alpha value is -2.89. The Labute approximate surface area is 223 Å². The van der Waals surface area contributed by atoms with Gasteiger partial charge < -0.3 is 5.11 Å². The topological polar surface area (TPSA) is 49.7 Å². The summed E-state index contributed by atoms with van der Waals surface area (Å²) in [5.74, 6) is 0.338. The van der Waals surface area contributed by atoms with Crippen molar-refractivity contribution in [1.82, 2.24) is 0 Å². The van der Waals surface area contributed by atoms with Crippen LogP contribution in [-0.2, 0) is 11.0 Å². The van der Waals surface area contributed by atoms with Crippen LogP contribution in [0.3, 0.4) is 0 Å². The zero-order chi connectivity index (χ0) is 29.8. The van der Waals surface area contributed by atoms with E-state index in [0.717, 1.165) is 30.0 Å². The number of aliphatic hydroxyl groups excluding tert-OH is 1. The average molecular weight is 524 g/mol. The van der Waals surface area contributed by atoms with E-state index >= 15 is 0 Å². The molecule has 37 heavy (non-hydrogen) atoms. The standard InChI is InChI=1S/C23H26F3NO2.C4H10.2C2H6/c1-6-11-27-14-21(18(5)28)22(29)13-16(3)15(2)12-17(4)19-7-9-20(10-8-19)23(24,25)26;1-4(2)3;2*1-2/h7-10,12-14,29H,4,6,11H2,1-3,5H3;4H,1-3H3;2*1-2H3/b15-12+,16-13+,22-21-,27-14?;;;. The smallest absolute Gasteiger partial charge is 0.416 e. The van der Waals surface area contributed by atoms with Crippen LogP contribution in [-0.4, -0.2) is 23.6 Å². The van der Waals surface area contributed by atoms with Gasteiger partial charge in [-0.05, 0) is 73.6 Å². The maximum Gasteiger partial charge on any atom is 0.416 e. The monoisotopic (exact) mass is 523 g/mol. The van der Waals surface area contributed by atoms with Gasteiger partial charge in [-0.2, -0.15) is 13.2 Å². The van der Waals surface area contributed by atoms with Gasteiger partial charge in [-0.1, -0.05) is 80.2 Å². The van der Waals surface area contributed by atoms with Gasteiger partial charge in [-0.25, -0.2) is 0 Å². The second-order valence-corrected chi connectivity index (χ2v) is 8.38. The van der Waals surface area contributed by atoms with Crippen LogP contribution >= 0.6 is 0 Å². The average Bonchev–Trinajstić information content (AvgIpc) is 2.83. The molecule has 0 aliphatic carbocycles. The molecule has 0 aromatic heterocycles. The molecule has 0 radical (unpaired) electrons. The van der Waals surface area contributed by atoms with E-state index in [9.17, 15) is 23.1 Å². The van der Waals surface area contributed by atoms with Crippen LogP contribution in [0.2, 0.25) is 0 Å². The van der Waals surface area contributed by atoms with Crippen molar-refractivity contribution in [2.24, 2.45) is 10.9 Å². The first-order valence-electron chi connectivity index (χ1n) is 12.9. The lowest BCUT2D eigenvalue weighted by Crippen LogP contribution is -2.04. The minimum atomic E-state index is -4.39. The summed E-state index contributed by atoms with van der Waals surface area (Å²) in [6.07, 6.45) is 0.973. The summed E-state index contributed by atoms with van der Waals surface area (Å²) in [5, 5.41) is 10.3. The molecule has 6 heteroatoms. The Morgan fingerprint density at radius 3 is 1.78 bits per heavy atom. The number of aliphatic hydroxyl groups is 1. The van der Waals surface area contributed by atoms with E-state index in [1.807, 2.05) is 34.6 Å². The highest BCUT2D eigenvalue weighted by atomic mass is 19.4. The summed E-state index contributed by atoms with van der Waals surface area (Å²) in [4.78, 5) is 15.8. The Bertz CT molecular complexity index is 914. The number of allylic oxidation sites excluding steroid dienone is 6. The molecule has 3 nitrogen and oxygen atoms in total. The van der Waals surface area contributed by atoms with Crippen LogP contribution in [0.1, 0.15) is 93.7 Å². The van der Waals surface area contributed by atoms with Crippen molar-refractivity contribution < 1.29 is 23.1 Å². The molecule has 0 unspecified atom stereocenters. The van der Waals surface area contributed by atoms with Gasteiger partial charge in [0.2, 0.25) is 0 Å². The van der Waals surface area contributed by atoms with Crippen LogP contribution in [0, 0.1) is 5.92 Å². The van der Waals surface area contributed by atoms with Gasteiger partial charge in [0.05, 0.1) is 11.1 Å². The molecule has 1 aromatic rings. The quantitative estimate of drug-likeness (QED) is 0.159. The van der Waals surface area contributed by atoms with E-state index in [0.29, 0.717) is 23.3 Å². The first kappa shape index (κ1) is 38.6. The summed E-state index contributed by atoms with van der Waals surface area (Å²) in [6.45, 7) is 25.8. The molecule has 210 valence electrons. The molecule has 0 aliphatic heterocycles. The van der Waals surface area contributed by atoms with Crippen molar-refractivity contribution >= 4 is 17.6 Å². The van der Waals surface area contributed by atoms with Gasteiger partial charge in [0.1, 0.15) is 5.76 Å². The molecule has 0 fully saturated rings. The number of nitrogens with zero attached hydrogens (tertiary/aromatic N) is 1. The highest BCUT2D eigenvalue weighted by Crippen LogP contribution is 2.30. The Morgan fingerprint density at radius 2 is 1.41 bits per heavy atom. The first-order chi connectivity index (χ1) is 17.2. The number of hydrogen-bond donors (Lipinski definition) is 1. The second kappa shape index (κ2) is 21.2. The Balaban J connectivity index is -0.00000128. The number of alkyl halides is 3. The SMILES string of the molecule is C=C(/C=C(C)/C(C)=C/C(O)=C(\C=NCCC)C(C)=O)c1ccc(C(F)(F)F)cc1.CC.CC.CC(C)C. The largest absolute Gasteiger partial charge is 0.507 e.